The molecule has 2 rings (SSSR count). The summed E-state index contributed by atoms with van der Waals surface area (Å²) in [6, 6.07) is 14.9. The number of hydrogen-bond donors (Lipinski definition) is 1. The summed E-state index contributed by atoms with van der Waals surface area (Å²) in [7, 11) is 0. The Kier molecular flexibility index (Phi) is 6.47. The summed E-state index contributed by atoms with van der Waals surface area (Å²) in [4.78, 5) is 11.9. The van der Waals surface area contributed by atoms with E-state index in [2.05, 4.69) is 35.1 Å². The van der Waals surface area contributed by atoms with Crippen LogP contribution in [0.15, 0.2) is 53.0 Å². The van der Waals surface area contributed by atoms with Gasteiger partial charge in [0.15, 0.2) is 0 Å². The maximum atomic E-state index is 11.9. The molecule has 0 aliphatic rings. The number of halogens is 1. The Balaban J connectivity index is 1.91. The second-order valence-electron chi connectivity index (χ2n) is 5.54. The van der Waals surface area contributed by atoms with E-state index in [9.17, 15) is 4.79 Å². The van der Waals surface area contributed by atoms with Gasteiger partial charge in [0.25, 0.3) is 0 Å². The van der Waals surface area contributed by atoms with Crippen LogP contribution >= 0.6 is 15.9 Å². The van der Waals surface area contributed by atoms with Crippen molar-refractivity contribution >= 4 is 27.7 Å². The Labute approximate surface area is 144 Å². The average Bonchev–Trinajstić information content (AvgIpc) is 2.54. The molecule has 1 N–H and O–H groups in total. The largest absolute Gasteiger partial charge is 0.492 e. The molecule has 0 fully saturated rings. The number of rotatable bonds is 6. The third-order valence-electron chi connectivity index (χ3n) is 2.96. The first-order valence-corrected chi connectivity index (χ1v) is 8.24. The van der Waals surface area contributed by atoms with E-state index in [1.54, 1.807) is 12.1 Å². The van der Waals surface area contributed by atoms with E-state index < -0.39 is 6.09 Å². The number of benzene rings is 2. The Hall–Kier alpha value is -2.01. The minimum Gasteiger partial charge on any atom is -0.492 e. The molecule has 2 aromatic rings. The van der Waals surface area contributed by atoms with Gasteiger partial charge in [0, 0.05) is 11.8 Å². The molecule has 0 aliphatic heterocycles. The lowest BCUT2D eigenvalue weighted by molar-refractivity contribution is 0.155. The van der Waals surface area contributed by atoms with Crippen LogP contribution < -0.4 is 10.1 Å². The van der Waals surface area contributed by atoms with E-state index in [-0.39, 0.29) is 6.61 Å². The van der Waals surface area contributed by atoms with E-state index in [0.29, 0.717) is 24.0 Å². The molecule has 0 saturated carbocycles. The Morgan fingerprint density at radius 2 is 1.91 bits per heavy atom. The number of carbonyl (C=O) groups is 1. The van der Waals surface area contributed by atoms with Crippen LogP contribution in [0.4, 0.5) is 10.5 Å². The van der Waals surface area contributed by atoms with Gasteiger partial charge in [0.1, 0.15) is 12.4 Å². The maximum Gasteiger partial charge on any atom is 0.411 e. The fraction of sp³-hybridized carbons (Fsp3) is 0.278. The average molecular weight is 378 g/mol. The number of nitrogens with one attached hydrogen (secondary N) is 1. The normalized spacial score (nSPS) is 10.4. The van der Waals surface area contributed by atoms with E-state index in [1.807, 2.05) is 36.4 Å². The van der Waals surface area contributed by atoms with Crippen LogP contribution in [0, 0.1) is 5.92 Å². The Bertz CT molecular complexity index is 644. The first kappa shape index (κ1) is 17.3. The smallest absolute Gasteiger partial charge is 0.411 e. The van der Waals surface area contributed by atoms with Gasteiger partial charge < -0.3 is 9.47 Å². The molecule has 0 bridgehead atoms. The highest BCUT2D eigenvalue weighted by Crippen LogP contribution is 2.28. The Morgan fingerprint density at radius 1 is 1.17 bits per heavy atom. The molecule has 0 aliphatic carbocycles. The monoisotopic (exact) mass is 377 g/mol. The zero-order valence-corrected chi connectivity index (χ0v) is 14.8. The molecule has 0 unspecified atom stereocenters. The second kappa shape index (κ2) is 8.58. The highest BCUT2D eigenvalue weighted by atomic mass is 79.9. The van der Waals surface area contributed by atoms with Gasteiger partial charge in [-0.3, -0.25) is 5.32 Å². The summed E-state index contributed by atoms with van der Waals surface area (Å²) < 4.78 is 11.8. The maximum absolute atomic E-state index is 11.9. The van der Waals surface area contributed by atoms with Crippen molar-refractivity contribution in [2.45, 2.75) is 20.5 Å². The molecule has 0 spiro atoms. The molecule has 0 saturated heterocycles. The molecule has 0 aromatic heterocycles. The summed E-state index contributed by atoms with van der Waals surface area (Å²) in [6.07, 6.45) is -0.494. The third-order valence-corrected chi connectivity index (χ3v) is 3.62. The van der Waals surface area contributed by atoms with Crippen LogP contribution in [0.3, 0.4) is 0 Å². The van der Waals surface area contributed by atoms with Crippen LogP contribution in [-0.2, 0) is 11.3 Å². The minimum atomic E-state index is -0.494. The van der Waals surface area contributed by atoms with Gasteiger partial charge in [-0.25, -0.2) is 4.79 Å². The van der Waals surface area contributed by atoms with Crippen molar-refractivity contribution in [1.82, 2.24) is 0 Å². The first-order valence-electron chi connectivity index (χ1n) is 7.44. The first-order chi connectivity index (χ1) is 11.0. The lowest BCUT2D eigenvalue weighted by Gasteiger charge is -2.12. The van der Waals surface area contributed by atoms with Crippen molar-refractivity contribution in [3.05, 3.63) is 58.6 Å². The van der Waals surface area contributed by atoms with E-state index in [0.717, 1.165) is 10.0 Å². The van der Waals surface area contributed by atoms with Crippen LogP contribution in [0.25, 0.3) is 0 Å². The molecule has 122 valence electrons. The minimum absolute atomic E-state index is 0.236. The van der Waals surface area contributed by atoms with Crippen molar-refractivity contribution in [2.24, 2.45) is 5.92 Å². The van der Waals surface area contributed by atoms with Gasteiger partial charge in [0.05, 0.1) is 11.1 Å². The second-order valence-corrected chi connectivity index (χ2v) is 6.39. The number of amides is 1. The number of ether oxygens (including phenoxy) is 2. The zero-order valence-electron chi connectivity index (χ0n) is 13.2. The number of carbonyl (C=O) groups excluding carboxylic acids is 1. The molecular formula is C18H20BrNO3. The zero-order chi connectivity index (χ0) is 16.7. The van der Waals surface area contributed by atoms with Crippen LogP contribution in [-0.4, -0.2) is 12.7 Å². The third kappa shape index (κ3) is 5.94. The number of anilines is 1. The van der Waals surface area contributed by atoms with E-state index in [1.165, 1.54) is 0 Å². The fourth-order valence-corrected chi connectivity index (χ4v) is 2.19. The number of hydrogen-bond acceptors (Lipinski definition) is 3. The van der Waals surface area contributed by atoms with E-state index >= 15 is 0 Å². The van der Waals surface area contributed by atoms with Crippen molar-refractivity contribution in [2.75, 3.05) is 11.9 Å². The molecule has 4 nitrogen and oxygen atoms in total. The molecule has 2 aromatic carbocycles. The molecule has 5 heteroatoms. The molecule has 0 radical (unpaired) electrons. The highest BCUT2D eigenvalue weighted by Gasteiger charge is 2.08. The Morgan fingerprint density at radius 3 is 2.61 bits per heavy atom. The van der Waals surface area contributed by atoms with Gasteiger partial charge in [-0.1, -0.05) is 44.2 Å². The molecular weight excluding hydrogens is 358 g/mol. The summed E-state index contributed by atoms with van der Waals surface area (Å²) >= 11 is 3.44. The van der Waals surface area contributed by atoms with Gasteiger partial charge in [-0.15, -0.1) is 0 Å². The van der Waals surface area contributed by atoms with Crippen molar-refractivity contribution < 1.29 is 14.3 Å². The van der Waals surface area contributed by atoms with Crippen LogP contribution in [0.1, 0.15) is 19.4 Å². The summed E-state index contributed by atoms with van der Waals surface area (Å²) in [5.74, 6) is 1.12. The SMILES string of the molecule is CC(C)COc1cc(NC(=O)OCc2ccccc2)ccc1Br. The van der Waals surface area contributed by atoms with Gasteiger partial charge in [-0.2, -0.15) is 0 Å². The van der Waals surface area contributed by atoms with Crippen molar-refractivity contribution in [3.8, 4) is 5.75 Å². The molecule has 1 amide bonds. The van der Waals surface area contributed by atoms with Gasteiger partial charge >= 0.3 is 6.09 Å². The summed E-state index contributed by atoms with van der Waals surface area (Å²) in [5.41, 5.74) is 1.57. The lowest BCUT2D eigenvalue weighted by atomic mass is 10.2. The van der Waals surface area contributed by atoms with Crippen molar-refractivity contribution in [1.29, 1.82) is 0 Å². The quantitative estimate of drug-likeness (QED) is 0.749. The summed E-state index contributed by atoms with van der Waals surface area (Å²) in [5, 5.41) is 2.71. The highest BCUT2D eigenvalue weighted by molar-refractivity contribution is 9.10. The summed E-state index contributed by atoms with van der Waals surface area (Å²) in [6.45, 7) is 5.01. The van der Waals surface area contributed by atoms with Crippen LogP contribution in [0.5, 0.6) is 5.75 Å². The fourth-order valence-electron chi connectivity index (χ4n) is 1.83. The standard InChI is InChI=1S/C18H20BrNO3/c1-13(2)11-22-17-10-15(8-9-16(17)19)20-18(21)23-12-14-6-4-3-5-7-14/h3-10,13H,11-12H2,1-2H3,(H,20,21). The lowest BCUT2D eigenvalue weighted by Crippen LogP contribution is -2.13. The molecule has 23 heavy (non-hydrogen) atoms. The van der Waals surface area contributed by atoms with Crippen LogP contribution in [0.2, 0.25) is 0 Å². The van der Waals surface area contributed by atoms with Gasteiger partial charge in [0.2, 0.25) is 0 Å². The van der Waals surface area contributed by atoms with Gasteiger partial charge in [-0.05, 0) is 39.5 Å². The van der Waals surface area contributed by atoms with E-state index in [4.69, 9.17) is 9.47 Å². The molecule has 0 atom stereocenters. The molecule has 0 heterocycles. The van der Waals surface area contributed by atoms with Crippen molar-refractivity contribution in [3.63, 3.8) is 0 Å². The predicted molar refractivity (Wildman–Crippen MR) is 94.7 cm³/mol. The predicted octanol–water partition coefficient (Wildman–Crippen LogP) is 5.23. The topological polar surface area (TPSA) is 47.6 Å².